The molecule has 0 radical (unpaired) electrons. The number of rotatable bonds is 5. The van der Waals surface area contributed by atoms with Gasteiger partial charge in [0.1, 0.15) is 5.82 Å². The molecule has 0 saturated heterocycles. The lowest BCUT2D eigenvalue weighted by Crippen LogP contribution is -2.30. The number of benzene rings is 2. The van der Waals surface area contributed by atoms with Gasteiger partial charge in [-0.3, -0.25) is 4.21 Å². The average Bonchev–Trinajstić information content (AvgIpc) is 2.49. The molecule has 0 unspecified atom stereocenters. The topological polar surface area (TPSA) is 58.2 Å². The number of halogens is 1. The highest BCUT2D eigenvalue weighted by Gasteiger charge is 2.05. The van der Waals surface area contributed by atoms with Crippen LogP contribution in [0.15, 0.2) is 47.4 Å². The minimum Gasteiger partial charge on any atom is -0.338 e. The monoisotopic (exact) mass is 334 g/mol. The molecule has 2 N–H and O–H groups in total. The number of carbonyl (C=O) groups is 1. The van der Waals surface area contributed by atoms with E-state index in [1.807, 2.05) is 6.92 Å². The molecule has 2 rings (SSSR count). The van der Waals surface area contributed by atoms with Crippen molar-refractivity contribution >= 4 is 22.5 Å². The maximum atomic E-state index is 13.0. The first-order valence-electron chi connectivity index (χ1n) is 7.19. The van der Waals surface area contributed by atoms with Gasteiger partial charge in [0.15, 0.2) is 0 Å². The highest BCUT2D eigenvalue weighted by Crippen LogP contribution is 2.13. The third-order valence-corrected chi connectivity index (χ3v) is 4.33. The van der Waals surface area contributed by atoms with Gasteiger partial charge < -0.3 is 10.6 Å². The Hall–Kier alpha value is -2.21. The normalized spacial score (nSPS) is 11.8. The van der Waals surface area contributed by atoms with Crippen LogP contribution in [-0.2, 0) is 17.2 Å². The molecule has 0 fully saturated rings. The molecule has 2 amide bonds. The molecule has 0 spiro atoms. The quantitative estimate of drug-likeness (QED) is 0.882. The fourth-order valence-electron chi connectivity index (χ4n) is 2.18. The van der Waals surface area contributed by atoms with Crippen LogP contribution in [0.5, 0.6) is 0 Å². The Morgan fingerprint density at radius 2 is 2.00 bits per heavy atom. The number of nitrogens with one attached hydrogen (secondary N) is 2. The summed E-state index contributed by atoms with van der Waals surface area (Å²) in [6.45, 7) is 2.28. The molecule has 0 aliphatic heterocycles. The minimum absolute atomic E-state index is 0.259. The Kier molecular flexibility index (Phi) is 5.87. The van der Waals surface area contributed by atoms with Crippen LogP contribution in [0.2, 0.25) is 0 Å². The Morgan fingerprint density at radius 3 is 2.70 bits per heavy atom. The Balaban J connectivity index is 1.85. The first kappa shape index (κ1) is 17.1. The minimum atomic E-state index is -1.09. The van der Waals surface area contributed by atoms with Crippen molar-refractivity contribution in [3.8, 4) is 0 Å². The number of anilines is 1. The predicted octanol–water partition coefficient (Wildman–Crippen LogP) is 3.24. The summed E-state index contributed by atoms with van der Waals surface area (Å²) in [5.74, 6) is -0.259. The maximum Gasteiger partial charge on any atom is 0.319 e. The van der Waals surface area contributed by atoms with E-state index in [0.717, 1.165) is 11.1 Å². The molecule has 6 heteroatoms. The zero-order valence-electron chi connectivity index (χ0n) is 13.1. The lowest BCUT2D eigenvalue weighted by Gasteiger charge is -2.10. The van der Waals surface area contributed by atoms with Crippen LogP contribution in [0, 0.1) is 12.7 Å². The van der Waals surface area contributed by atoms with Crippen LogP contribution in [0.4, 0.5) is 14.9 Å². The number of hydrogen-bond donors (Lipinski definition) is 2. The fraction of sp³-hybridized carbons (Fsp3) is 0.235. The third-order valence-electron chi connectivity index (χ3n) is 3.41. The van der Waals surface area contributed by atoms with Crippen molar-refractivity contribution in [1.29, 1.82) is 0 Å². The zero-order valence-corrected chi connectivity index (χ0v) is 13.9. The van der Waals surface area contributed by atoms with E-state index in [1.54, 1.807) is 36.6 Å². The van der Waals surface area contributed by atoms with Crippen LogP contribution in [0.25, 0.3) is 0 Å². The standard InChI is InChI=1S/C17H19FN2O2S/c1-12-10-14(18)7-6-13(12)8-9-19-17(21)20-15-4-3-5-16(11-15)23(2)22/h3-7,10-11H,8-9H2,1-2H3,(H2,19,20,21)/t23-/m0/s1. The molecule has 0 saturated carbocycles. The summed E-state index contributed by atoms with van der Waals surface area (Å²) in [7, 11) is -1.09. The summed E-state index contributed by atoms with van der Waals surface area (Å²) in [4.78, 5) is 12.5. The van der Waals surface area contributed by atoms with E-state index in [4.69, 9.17) is 0 Å². The summed E-state index contributed by atoms with van der Waals surface area (Å²) >= 11 is 0. The number of urea groups is 1. The second-order valence-electron chi connectivity index (χ2n) is 5.18. The molecule has 4 nitrogen and oxygen atoms in total. The molecule has 0 aromatic heterocycles. The van der Waals surface area contributed by atoms with E-state index in [2.05, 4.69) is 10.6 Å². The molecule has 0 bridgehead atoms. The highest BCUT2D eigenvalue weighted by molar-refractivity contribution is 7.84. The van der Waals surface area contributed by atoms with Gasteiger partial charge in [-0.1, -0.05) is 12.1 Å². The maximum absolute atomic E-state index is 13.0. The lowest BCUT2D eigenvalue weighted by molar-refractivity contribution is 0.252. The van der Waals surface area contributed by atoms with E-state index in [9.17, 15) is 13.4 Å². The van der Waals surface area contributed by atoms with Crippen LogP contribution in [0.3, 0.4) is 0 Å². The number of amides is 2. The van der Waals surface area contributed by atoms with Gasteiger partial charge in [0.2, 0.25) is 0 Å². The van der Waals surface area contributed by atoms with Gasteiger partial charge in [-0.25, -0.2) is 9.18 Å². The summed E-state index contributed by atoms with van der Waals surface area (Å²) in [6, 6.07) is 11.2. The Bertz CT molecular complexity index is 734. The molecule has 0 heterocycles. The lowest BCUT2D eigenvalue weighted by atomic mass is 10.1. The summed E-state index contributed by atoms with van der Waals surface area (Å²) in [5.41, 5.74) is 2.45. The summed E-state index contributed by atoms with van der Waals surface area (Å²) < 4.78 is 24.5. The van der Waals surface area contributed by atoms with Gasteiger partial charge in [0, 0.05) is 34.2 Å². The largest absolute Gasteiger partial charge is 0.338 e. The van der Waals surface area contributed by atoms with Gasteiger partial charge >= 0.3 is 6.03 Å². The van der Waals surface area contributed by atoms with E-state index in [1.165, 1.54) is 12.1 Å². The first-order valence-corrected chi connectivity index (χ1v) is 8.75. The second-order valence-corrected chi connectivity index (χ2v) is 6.56. The van der Waals surface area contributed by atoms with Crippen LogP contribution in [0.1, 0.15) is 11.1 Å². The van der Waals surface area contributed by atoms with Gasteiger partial charge in [-0.2, -0.15) is 0 Å². The molecule has 0 aliphatic carbocycles. The smallest absolute Gasteiger partial charge is 0.319 e. The third kappa shape index (κ3) is 5.17. The van der Waals surface area contributed by atoms with Crippen molar-refractivity contribution in [3.63, 3.8) is 0 Å². The van der Waals surface area contributed by atoms with E-state index >= 15 is 0 Å². The summed E-state index contributed by atoms with van der Waals surface area (Å²) in [6.07, 6.45) is 2.21. The predicted molar refractivity (Wildman–Crippen MR) is 90.6 cm³/mol. The molecule has 23 heavy (non-hydrogen) atoms. The van der Waals surface area contributed by atoms with Gasteiger partial charge in [0.25, 0.3) is 0 Å². The zero-order chi connectivity index (χ0) is 16.8. The first-order chi connectivity index (χ1) is 11.0. The van der Waals surface area contributed by atoms with Crippen molar-refractivity contribution in [3.05, 3.63) is 59.4 Å². The fourth-order valence-corrected chi connectivity index (χ4v) is 2.74. The van der Waals surface area contributed by atoms with Crippen molar-refractivity contribution in [2.45, 2.75) is 18.2 Å². The summed E-state index contributed by atoms with van der Waals surface area (Å²) in [5, 5.41) is 5.45. The van der Waals surface area contributed by atoms with Crippen molar-refractivity contribution < 1.29 is 13.4 Å². The van der Waals surface area contributed by atoms with Gasteiger partial charge in [-0.15, -0.1) is 0 Å². The van der Waals surface area contributed by atoms with E-state index in [0.29, 0.717) is 23.5 Å². The van der Waals surface area contributed by atoms with Gasteiger partial charge in [-0.05, 0) is 54.8 Å². The van der Waals surface area contributed by atoms with E-state index in [-0.39, 0.29) is 11.8 Å². The molecule has 1 atom stereocenters. The molecular formula is C17H19FN2O2S. The Labute approximate surface area is 137 Å². The van der Waals surface area contributed by atoms with Gasteiger partial charge in [0.05, 0.1) is 0 Å². The van der Waals surface area contributed by atoms with Crippen molar-refractivity contribution in [2.75, 3.05) is 18.1 Å². The molecule has 2 aromatic rings. The number of aryl methyl sites for hydroxylation is 1. The molecule has 122 valence electrons. The number of carbonyl (C=O) groups excluding carboxylic acids is 1. The molecule has 2 aromatic carbocycles. The van der Waals surface area contributed by atoms with Crippen LogP contribution >= 0.6 is 0 Å². The van der Waals surface area contributed by atoms with E-state index < -0.39 is 10.8 Å². The SMILES string of the molecule is Cc1cc(F)ccc1CCNC(=O)Nc1cccc([S@](C)=O)c1. The van der Waals surface area contributed by atoms with Crippen LogP contribution < -0.4 is 10.6 Å². The Morgan fingerprint density at radius 1 is 1.22 bits per heavy atom. The highest BCUT2D eigenvalue weighted by atomic mass is 32.2. The van der Waals surface area contributed by atoms with Crippen molar-refractivity contribution in [2.24, 2.45) is 0 Å². The average molecular weight is 334 g/mol. The molecular weight excluding hydrogens is 315 g/mol. The number of hydrogen-bond acceptors (Lipinski definition) is 2. The molecule has 0 aliphatic rings. The van der Waals surface area contributed by atoms with Crippen molar-refractivity contribution in [1.82, 2.24) is 5.32 Å². The van der Waals surface area contributed by atoms with Crippen LogP contribution in [-0.4, -0.2) is 23.0 Å². The second kappa shape index (κ2) is 7.87.